The van der Waals surface area contributed by atoms with Crippen LogP contribution in [-0.2, 0) is 16.2 Å². The van der Waals surface area contributed by atoms with Crippen LogP contribution in [0.5, 0.6) is 17.2 Å². The molecular formula is C30H31ClN2O6. The lowest BCUT2D eigenvalue weighted by molar-refractivity contribution is -0.140. The Morgan fingerprint density at radius 3 is 2.26 bits per heavy atom. The van der Waals surface area contributed by atoms with Crippen molar-refractivity contribution in [2.24, 2.45) is 0 Å². The molecule has 204 valence electrons. The second-order valence-corrected chi connectivity index (χ2v) is 9.73. The van der Waals surface area contributed by atoms with Gasteiger partial charge in [-0.15, -0.1) is 0 Å². The third-order valence-electron chi connectivity index (χ3n) is 6.50. The number of methoxy groups -OCH3 is 2. The number of carbonyl (C=O) groups is 2. The van der Waals surface area contributed by atoms with E-state index in [2.05, 4.69) is 0 Å². The molecule has 39 heavy (non-hydrogen) atoms. The monoisotopic (exact) mass is 550 g/mol. The number of ether oxygens (including phenoxy) is 3. The maximum atomic E-state index is 13.4. The number of carbonyl (C=O) groups excluding carboxylic acids is 2. The van der Waals surface area contributed by atoms with Gasteiger partial charge in [0.15, 0.2) is 0 Å². The van der Waals surface area contributed by atoms with Crippen LogP contribution in [0.2, 0.25) is 5.02 Å². The molecule has 0 saturated carbocycles. The third-order valence-corrected chi connectivity index (χ3v) is 6.80. The highest BCUT2D eigenvalue weighted by molar-refractivity contribution is 6.46. The Morgan fingerprint density at radius 2 is 1.64 bits per heavy atom. The number of rotatable bonds is 10. The topological polar surface area (TPSA) is 88.5 Å². The molecule has 0 aliphatic carbocycles. The molecule has 1 aliphatic rings. The van der Waals surface area contributed by atoms with E-state index < -0.39 is 17.7 Å². The second-order valence-electron chi connectivity index (χ2n) is 9.33. The maximum absolute atomic E-state index is 13.4. The van der Waals surface area contributed by atoms with Crippen LogP contribution < -0.4 is 14.2 Å². The zero-order valence-corrected chi connectivity index (χ0v) is 23.1. The maximum Gasteiger partial charge on any atom is 0.295 e. The number of ketones is 1. The Bertz CT molecular complexity index is 1370. The predicted molar refractivity (Wildman–Crippen MR) is 149 cm³/mol. The predicted octanol–water partition coefficient (Wildman–Crippen LogP) is 4.92. The van der Waals surface area contributed by atoms with Gasteiger partial charge in [0.05, 0.1) is 36.4 Å². The fourth-order valence-electron chi connectivity index (χ4n) is 4.44. The van der Waals surface area contributed by atoms with Gasteiger partial charge in [0.2, 0.25) is 0 Å². The van der Waals surface area contributed by atoms with Gasteiger partial charge in [-0.2, -0.15) is 0 Å². The summed E-state index contributed by atoms with van der Waals surface area (Å²) in [6.07, 6.45) is 0. The smallest absolute Gasteiger partial charge is 0.295 e. The molecule has 1 aliphatic heterocycles. The highest BCUT2D eigenvalue weighted by atomic mass is 35.5. The highest BCUT2D eigenvalue weighted by Gasteiger charge is 2.46. The Hall–Kier alpha value is -4.01. The first-order valence-corrected chi connectivity index (χ1v) is 12.7. The van der Waals surface area contributed by atoms with Crippen molar-refractivity contribution in [3.05, 3.63) is 94.0 Å². The van der Waals surface area contributed by atoms with Crippen molar-refractivity contribution < 1.29 is 28.9 Å². The molecule has 1 unspecified atom stereocenters. The van der Waals surface area contributed by atoms with Crippen molar-refractivity contribution in [3.8, 4) is 17.2 Å². The Morgan fingerprint density at radius 1 is 0.974 bits per heavy atom. The van der Waals surface area contributed by atoms with Crippen molar-refractivity contribution in [1.29, 1.82) is 0 Å². The Labute approximate surface area is 233 Å². The van der Waals surface area contributed by atoms with Gasteiger partial charge in [-0.25, -0.2) is 0 Å². The minimum absolute atomic E-state index is 0.0422. The van der Waals surface area contributed by atoms with E-state index in [9.17, 15) is 14.7 Å². The van der Waals surface area contributed by atoms with Crippen molar-refractivity contribution >= 4 is 29.1 Å². The fraction of sp³-hybridized carbons (Fsp3) is 0.267. The summed E-state index contributed by atoms with van der Waals surface area (Å²) in [5.74, 6) is -0.679. The van der Waals surface area contributed by atoms with E-state index in [1.807, 2.05) is 49.3 Å². The van der Waals surface area contributed by atoms with Gasteiger partial charge in [0, 0.05) is 19.2 Å². The molecule has 4 rings (SSSR count). The zero-order chi connectivity index (χ0) is 28.1. The number of aliphatic hydroxyl groups is 1. The largest absolute Gasteiger partial charge is 0.507 e. The number of likely N-dealkylation sites (tertiary alicyclic amines) is 1. The number of halogens is 1. The summed E-state index contributed by atoms with van der Waals surface area (Å²) in [5.41, 5.74) is 1.84. The number of hydrogen-bond donors (Lipinski definition) is 1. The number of Topliss-reactive ketones (excluding diaryl/α,β-unsaturated/α-hetero) is 1. The molecule has 1 heterocycles. The summed E-state index contributed by atoms with van der Waals surface area (Å²) >= 11 is 6.25. The summed E-state index contributed by atoms with van der Waals surface area (Å²) in [6, 6.07) is 19.1. The minimum Gasteiger partial charge on any atom is -0.507 e. The summed E-state index contributed by atoms with van der Waals surface area (Å²) in [4.78, 5) is 30.0. The summed E-state index contributed by atoms with van der Waals surface area (Å²) in [6.45, 7) is 1.21. The van der Waals surface area contributed by atoms with E-state index in [0.717, 1.165) is 5.56 Å². The molecule has 1 amide bonds. The molecule has 8 nitrogen and oxygen atoms in total. The molecule has 1 fully saturated rings. The van der Waals surface area contributed by atoms with Crippen LogP contribution >= 0.6 is 11.6 Å². The standard InChI is InChI=1S/C30H31ClN2O6/c1-32(2)14-15-33-27(20-10-12-21(13-11-20)39-18-19-8-6-5-7-9-19)26(29(35)30(33)36)28(34)22-16-25(38-4)23(31)17-24(22)37-3/h5-13,16-17,27,34H,14-15,18H2,1-4H3/b28-26+. The first-order valence-electron chi connectivity index (χ1n) is 12.4. The van der Waals surface area contributed by atoms with E-state index in [4.69, 9.17) is 25.8 Å². The van der Waals surface area contributed by atoms with Crippen molar-refractivity contribution in [1.82, 2.24) is 9.80 Å². The van der Waals surface area contributed by atoms with Gasteiger partial charge in [-0.05, 0) is 43.4 Å². The lowest BCUT2D eigenvalue weighted by Crippen LogP contribution is -2.35. The van der Waals surface area contributed by atoms with Crippen molar-refractivity contribution in [2.45, 2.75) is 12.6 Å². The SMILES string of the molecule is COc1cc(/C(O)=C2\C(=O)C(=O)N(CCN(C)C)C2c2ccc(OCc3ccccc3)cc2)c(OC)cc1Cl. The molecule has 3 aromatic rings. The number of amides is 1. The van der Waals surface area contributed by atoms with Gasteiger partial charge in [0.1, 0.15) is 29.6 Å². The molecule has 0 bridgehead atoms. The van der Waals surface area contributed by atoms with Crippen LogP contribution in [-0.4, -0.2) is 68.0 Å². The minimum atomic E-state index is -0.820. The summed E-state index contributed by atoms with van der Waals surface area (Å²) < 4.78 is 16.6. The van der Waals surface area contributed by atoms with E-state index in [1.54, 1.807) is 24.3 Å². The lowest BCUT2D eigenvalue weighted by Gasteiger charge is -2.27. The molecule has 3 aromatic carbocycles. The molecule has 1 saturated heterocycles. The van der Waals surface area contributed by atoms with Crippen molar-refractivity contribution in [2.75, 3.05) is 41.4 Å². The van der Waals surface area contributed by atoms with Crippen LogP contribution in [0.15, 0.2) is 72.3 Å². The molecule has 0 spiro atoms. The van der Waals surface area contributed by atoms with Gasteiger partial charge >= 0.3 is 0 Å². The number of benzene rings is 3. The van der Waals surface area contributed by atoms with E-state index >= 15 is 0 Å². The second kappa shape index (κ2) is 12.2. The molecular weight excluding hydrogens is 520 g/mol. The van der Waals surface area contributed by atoms with E-state index in [-0.39, 0.29) is 40.0 Å². The quantitative estimate of drug-likeness (QED) is 0.218. The zero-order valence-electron chi connectivity index (χ0n) is 22.3. The Balaban J connectivity index is 1.76. The molecule has 0 radical (unpaired) electrons. The molecule has 1 atom stereocenters. The highest BCUT2D eigenvalue weighted by Crippen LogP contribution is 2.43. The van der Waals surface area contributed by atoms with Crippen LogP contribution in [0.25, 0.3) is 5.76 Å². The first kappa shape index (κ1) is 28.0. The molecule has 9 heteroatoms. The summed E-state index contributed by atoms with van der Waals surface area (Å²) in [7, 11) is 6.64. The van der Waals surface area contributed by atoms with Gasteiger partial charge in [0.25, 0.3) is 11.7 Å². The van der Waals surface area contributed by atoms with Crippen LogP contribution in [0.4, 0.5) is 0 Å². The van der Waals surface area contributed by atoms with Crippen LogP contribution in [0.3, 0.4) is 0 Å². The third kappa shape index (κ3) is 6.02. The molecule has 1 N–H and O–H groups in total. The normalized spacial score (nSPS) is 16.6. The Kier molecular flexibility index (Phi) is 8.79. The van der Waals surface area contributed by atoms with Gasteiger partial charge < -0.3 is 29.1 Å². The number of hydrogen-bond acceptors (Lipinski definition) is 7. The fourth-order valence-corrected chi connectivity index (χ4v) is 4.67. The summed E-state index contributed by atoms with van der Waals surface area (Å²) in [5, 5.41) is 11.8. The van der Waals surface area contributed by atoms with Crippen LogP contribution in [0, 0.1) is 0 Å². The lowest BCUT2D eigenvalue weighted by atomic mass is 9.94. The van der Waals surface area contributed by atoms with E-state index in [0.29, 0.717) is 24.5 Å². The van der Waals surface area contributed by atoms with Gasteiger partial charge in [-0.3, -0.25) is 9.59 Å². The molecule has 0 aromatic heterocycles. The number of nitrogens with zero attached hydrogens (tertiary/aromatic N) is 2. The number of likely N-dealkylation sites (N-methyl/N-ethyl adjacent to an activating group) is 1. The van der Waals surface area contributed by atoms with Crippen molar-refractivity contribution in [3.63, 3.8) is 0 Å². The first-order chi connectivity index (χ1) is 18.7. The number of aliphatic hydroxyl groups excluding tert-OH is 1. The van der Waals surface area contributed by atoms with E-state index in [1.165, 1.54) is 31.3 Å². The average Bonchev–Trinajstić information content (AvgIpc) is 3.20. The van der Waals surface area contributed by atoms with Crippen LogP contribution in [0.1, 0.15) is 22.7 Å². The van der Waals surface area contributed by atoms with Gasteiger partial charge in [-0.1, -0.05) is 54.1 Å². The average molecular weight is 551 g/mol.